The van der Waals surface area contributed by atoms with Gasteiger partial charge in [-0.2, -0.15) is 0 Å². The highest BCUT2D eigenvalue weighted by Crippen LogP contribution is 2.17. The van der Waals surface area contributed by atoms with E-state index < -0.39 is 0 Å². The number of nitrogens with one attached hydrogen (secondary N) is 1. The maximum absolute atomic E-state index is 13.1. The van der Waals surface area contributed by atoms with Gasteiger partial charge in [-0.1, -0.05) is 5.16 Å². The summed E-state index contributed by atoms with van der Waals surface area (Å²) in [6.07, 6.45) is 1.47. The van der Waals surface area contributed by atoms with Gasteiger partial charge in [-0.05, 0) is 19.1 Å². The van der Waals surface area contributed by atoms with Crippen LogP contribution < -0.4 is 0 Å². The van der Waals surface area contributed by atoms with E-state index in [2.05, 4.69) is 15.1 Å². The minimum atomic E-state index is -0.389. The molecule has 2 aromatic rings. The highest BCUT2D eigenvalue weighted by atomic mass is 19.1. The number of H-pyrrole nitrogens is 1. The van der Waals surface area contributed by atoms with Crippen LogP contribution in [0.2, 0.25) is 0 Å². The monoisotopic (exact) mass is 193 g/mol. The summed E-state index contributed by atoms with van der Waals surface area (Å²) in [6.45, 7) is 1.59. The van der Waals surface area contributed by atoms with Gasteiger partial charge >= 0.3 is 0 Å². The number of rotatable bonds is 1. The first-order valence-electron chi connectivity index (χ1n) is 4.04. The lowest BCUT2D eigenvalue weighted by Crippen LogP contribution is -1.97. The topological polar surface area (TPSA) is 61.3 Å². The van der Waals surface area contributed by atoms with Crippen LogP contribution >= 0.6 is 0 Å². The van der Waals surface area contributed by atoms with Gasteiger partial charge in [0.25, 0.3) is 0 Å². The zero-order valence-corrected chi connectivity index (χ0v) is 7.45. The fraction of sp³-hybridized carbons (Fsp3) is 0.111. The zero-order chi connectivity index (χ0) is 10.1. The number of imidazole rings is 1. The standard InChI is InChI=1S/C9H8FN3O/c1-5(13-14)7-2-6(10)3-8-9(7)12-4-11-8/h2-4,14H,1H3,(H,11,12). The Morgan fingerprint density at radius 3 is 3.07 bits per heavy atom. The molecule has 0 bridgehead atoms. The number of hydrogen-bond acceptors (Lipinski definition) is 3. The summed E-state index contributed by atoms with van der Waals surface area (Å²) in [7, 11) is 0. The highest BCUT2D eigenvalue weighted by molar-refractivity contribution is 6.07. The second kappa shape index (κ2) is 3.10. The Labute approximate surface area is 79.1 Å². The summed E-state index contributed by atoms with van der Waals surface area (Å²) in [5, 5.41) is 11.6. The Bertz CT molecular complexity index is 504. The van der Waals surface area contributed by atoms with E-state index in [1.807, 2.05) is 0 Å². The molecule has 0 saturated carbocycles. The average molecular weight is 193 g/mol. The first kappa shape index (κ1) is 8.68. The molecule has 0 atom stereocenters. The number of nitrogens with zero attached hydrogens (tertiary/aromatic N) is 2. The first-order chi connectivity index (χ1) is 6.72. The fourth-order valence-electron chi connectivity index (χ4n) is 1.34. The highest BCUT2D eigenvalue weighted by Gasteiger charge is 2.09. The van der Waals surface area contributed by atoms with Crippen LogP contribution in [0.3, 0.4) is 0 Å². The summed E-state index contributed by atoms with van der Waals surface area (Å²) in [5.41, 5.74) is 2.01. The van der Waals surface area contributed by atoms with Gasteiger partial charge in [0.2, 0.25) is 0 Å². The second-order valence-corrected chi connectivity index (χ2v) is 2.94. The predicted molar refractivity (Wildman–Crippen MR) is 50.0 cm³/mol. The van der Waals surface area contributed by atoms with Crippen molar-refractivity contribution in [2.45, 2.75) is 6.92 Å². The van der Waals surface area contributed by atoms with Gasteiger partial charge < -0.3 is 10.2 Å². The summed E-state index contributed by atoms with van der Waals surface area (Å²) in [6, 6.07) is 2.63. The molecule has 0 aliphatic carbocycles. The largest absolute Gasteiger partial charge is 0.411 e. The molecule has 1 aromatic heterocycles. The van der Waals surface area contributed by atoms with Crippen molar-refractivity contribution in [2.75, 3.05) is 0 Å². The Morgan fingerprint density at radius 2 is 2.36 bits per heavy atom. The van der Waals surface area contributed by atoms with Crippen LogP contribution in [0, 0.1) is 5.82 Å². The van der Waals surface area contributed by atoms with Crippen molar-refractivity contribution in [1.82, 2.24) is 9.97 Å². The van der Waals surface area contributed by atoms with Gasteiger partial charge in [0.05, 0.1) is 23.1 Å². The number of hydrogen-bond donors (Lipinski definition) is 2. The average Bonchev–Trinajstić information content (AvgIpc) is 2.62. The molecule has 0 radical (unpaired) electrons. The van der Waals surface area contributed by atoms with Crippen molar-refractivity contribution in [3.8, 4) is 0 Å². The minimum absolute atomic E-state index is 0.335. The van der Waals surface area contributed by atoms with E-state index in [0.717, 1.165) is 0 Å². The molecule has 0 amide bonds. The smallest absolute Gasteiger partial charge is 0.126 e. The van der Waals surface area contributed by atoms with Gasteiger partial charge in [0, 0.05) is 5.56 Å². The zero-order valence-electron chi connectivity index (χ0n) is 7.45. The Morgan fingerprint density at radius 1 is 1.57 bits per heavy atom. The third kappa shape index (κ3) is 1.22. The molecule has 0 aliphatic rings. The van der Waals surface area contributed by atoms with Crippen molar-refractivity contribution < 1.29 is 9.60 Å². The quantitative estimate of drug-likeness (QED) is 0.412. The van der Waals surface area contributed by atoms with Crippen molar-refractivity contribution in [2.24, 2.45) is 5.16 Å². The molecule has 0 fully saturated rings. The number of halogens is 1. The van der Waals surface area contributed by atoms with Gasteiger partial charge in [0.15, 0.2) is 0 Å². The van der Waals surface area contributed by atoms with Crippen molar-refractivity contribution in [1.29, 1.82) is 0 Å². The predicted octanol–water partition coefficient (Wildman–Crippen LogP) is 1.90. The molecule has 14 heavy (non-hydrogen) atoms. The van der Waals surface area contributed by atoms with E-state index >= 15 is 0 Å². The number of oxime groups is 1. The van der Waals surface area contributed by atoms with Crippen LogP contribution in [-0.2, 0) is 0 Å². The molecule has 1 aromatic carbocycles. The van der Waals surface area contributed by atoms with Gasteiger partial charge in [0.1, 0.15) is 5.82 Å². The maximum atomic E-state index is 13.1. The van der Waals surface area contributed by atoms with Crippen LogP contribution in [0.15, 0.2) is 23.6 Å². The molecular formula is C9H8FN3O. The van der Waals surface area contributed by atoms with Crippen LogP contribution in [-0.4, -0.2) is 20.9 Å². The van der Waals surface area contributed by atoms with Crippen LogP contribution in [0.5, 0.6) is 0 Å². The van der Waals surface area contributed by atoms with E-state index in [9.17, 15) is 4.39 Å². The maximum Gasteiger partial charge on any atom is 0.126 e. The van der Waals surface area contributed by atoms with Crippen LogP contribution in [0.1, 0.15) is 12.5 Å². The number of benzene rings is 1. The number of fused-ring (bicyclic) bond motifs is 1. The van der Waals surface area contributed by atoms with Crippen molar-refractivity contribution >= 4 is 16.7 Å². The molecule has 0 spiro atoms. The molecular weight excluding hydrogens is 185 g/mol. The fourth-order valence-corrected chi connectivity index (χ4v) is 1.34. The molecule has 2 rings (SSSR count). The third-order valence-corrected chi connectivity index (χ3v) is 2.03. The summed E-state index contributed by atoms with van der Waals surface area (Å²) < 4.78 is 13.1. The van der Waals surface area contributed by atoms with Gasteiger partial charge in [-0.15, -0.1) is 0 Å². The van der Waals surface area contributed by atoms with E-state index in [-0.39, 0.29) is 5.82 Å². The Balaban J connectivity index is 2.79. The molecule has 4 nitrogen and oxygen atoms in total. The van der Waals surface area contributed by atoms with Crippen LogP contribution in [0.4, 0.5) is 4.39 Å². The SMILES string of the molecule is CC(=NO)c1cc(F)cc2[nH]cnc12. The van der Waals surface area contributed by atoms with E-state index in [4.69, 9.17) is 5.21 Å². The molecule has 5 heteroatoms. The van der Waals surface area contributed by atoms with Gasteiger partial charge in [-0.3, -0.25) is 0 Å². The molecule has 0 saturated heterocycles. The summed E-state index contributed by atoms with van der Waals surface area (Å²) in [4.78, 5) is 6.81. The summed E-state index contributed by atoms with van der Waals surface area (Å²) in [5.74, 6) is -0.389. The van der Waals surface area contributed by atoms with Crippen molar-refractivity contribution in [3.05, 3.63) is 29.8 Å². The molecule has 1 heterocycles. The van der Waals surface area contributed by atoms with Gasteiger partial charge in [-0.25, -0.2) is 9.37 Å². The second-order valence-electron chi connectivity index (χ2n) is 2.94. The minimum Gasteiger partial charge on any atom is -0.411 e. The van der Waals surface area contributed by atoms with Crippen LogP contribution in [0.25, 0.3) is 11.0 Å². The van der Waals surface area contributed by atoms with E-state index in [1.165, 1.54) is 18.5 Å². The molecule has 0 aliphatic heterocycles. The molecule has 0 unspecified atom stereocenters. The van der Waals surface area contributed by atoms with E-state index in [0.29, 0.717) is 22.3 Å². The van der Waals surface area contributed by atoms with Crippen molar-refractivity contribution in [3.63, 3.8) is 0 Å². The molecule has 2 N–H and O–H groups in total. The lowest BCUT2D eigenvalue weighted by atomic mass is 10.1. The summed E-state index contributed by atoms with van der Waals surface area (Å²) >= 11 is 0. The lowest BCUT2D eigenvalue weighted by Gasteiger charge is -1.99. The molecule has 72 valence electrons. The Kier molecular flexibility index (Phi) is 1.92. The van der Waals surface area contributed by atoms with E-state index in [1.54, 1.807) is 6.92 Å². The lowest BCUT2D eigenvalue weighted by molar-refractivity contribution is 0.319. The Hall–Kier alpha value is -1.91. The third-order valence-electron chi connectivity index (χ3n) is 2.03. The first-order valence-corrected chi connectivity index (χ1v) is 4.04. The normalized spacial score (nSPS) is 12.3. The number of aromatic nitrogens is 2. The number of aromatic amines is 1.